The van der Waals surface area contributed by atoms with E-state index in [0.717, 1.165) is 116 Å². The molecule has 0 amide bonds. The van der Waals surface area contributed by atoms with Gasteiger partial charge in [-0.1, -0.05) is 258 Å². The summed E-state index contributed by atoms with van der Waals surface area (Å²) in [6.45, 7) is 6.36. The number of hydrogen-bond donors (Lipinski definition) is 0. The van der Waals surface area contributed by atoms with Crippen molar-refractivity contribution in [1.82, 2.24) is 0 Å². The Hall–Kier alpha value is -4.19. The Morgan fingerprint density at radius 3 is 0.867 bits per heavy atom. The number of hydrogen-bond acceptors (Lipinski definition) is 6. The summed E-state index contributed by atoms with van der Waals surface area (Å²) in [4.78, 5) is 38.3. The van der Waals surface area contributed by atoms with Gasteiger partial charge in [0.25, 0.3) is 0 Å². The number of rotatable bonds is 55. The fourth-order valence-electron chi connectivity index (χ4n) is 8.35. The first-order chi connectivity index (χ1) is 37.0. The Kier molecular flexibility index (Phi) is 58.9. The lowest BCUT2D eigenvalue weighted by molar-refractivity contribution is -0.167. The molecule has 1 unspecified atom stereocenters. The number of unbranched alkanes of at least 4 members (excludes halogenated alkanes) is 24. The van der Waals surface area contributed by atoms with Crippen LogP contribution in [0.25, 0.3) is 0 Å². The third-order valence-corrected chi connectivity index (χ3v) is 12.9. The lowest BCUT2D eigenvalue weighted by Crippen LogP contribution is -2.30. The topological polar surface area (TPSA) is 78.9 Å². The van der Waals surface area contributed by atoms with E-state index >= 15 is 0 Å². The van der Waals surface area contributed by atoms with Crippen LogP contribution in [0.5, 0.6) is 0 Å². The normalized spacial score (nSPS) is 12.9. The summed E-state index contributed by atoms with van der Waals surface area (Å²) < 4.78 is 16.8. The number of carbonyl (C=O) groups excluding carboxylic acids is 3. The second-order valence-electron chi connectivity index (χ2n) is 20.2. The second-order valence-corrected chi connectivity index (χ2v) is 20.2. The average molecular weight is 1040 g/mol. The first kappa shape index (κ1) is 70.8. The molecule has 0 aromatic heterocycles. The Morgan fingerprint density at radius 2 is 0.533 bits per heavy atom. The third-order valence-electron chi connectivity index (χ3n) is 12.9. The van der Waals surface area contributed by atoms with Crippen molar-refractivity contribution in [2.75, 3.05) is 13.2 Å². The quantitative estimate of drug-likeness (QED) is 0.0261. The highest BCUT2D eigenvalue weighted by Crippen LogP contribution is 2.15. The van der Waals surface area contributed by atoms with E-state index in [-0.39, 0.29) is 37.5 Å². The average Bonchev–Trinajstić information content (AvgIpc) is 3.41. The highest BCUT2D eigenvalue weighted by molar-refractivity contribution is 5.71. The van der Waals surface area contributed by atoms with Crippen LogP contribution in [0.15, 0.2) is 122 Å². The molecule has 0 N–H and O–H groups in total. The van der Waals surface area contributed by atoms with Crippen LogP contribution in [-0.4, -0.2) is 37.2 Å². The van der Waals surface area contributed by atoms with E-state index in [1.165, 1.54) is 116 Å². The molecule has 0 aliphatic carbocycles. The molecular weight excluding hydrogens is 925 g/mol. The molecule has 0 heterocycles. The van der Waals surface area contributed by atoms with E-state index in [0.29, 0.717) is 19.3 Å². The lowest BCUT2D eigenvalue weighted by atomic mass is 10.0. The van der Waals surface area contributed by atoms with Gasteiger partial charge >= 0.3 is 17.9 Å². The van der Waals surface area contributed by atoms with E-state index in [4.69, 9.17) is 14.2 Å². The maximum atomic E-state index is 12.9. The zero-order valence-electron chi connectivity index (χ0n) is 48.8. The first-order valence-electron chi connectivity index (χ1n) is 31.0. The summed E-state index contributed by atoms with van der Waals surface area (Å²) in [6, 6.07) is 0. The fraction of sp³-hybridized carbons (Fsp3) is 0.667. The van der Waals surface area contributed by atoms with Crippen LogP contribution >= 0.6 is 0 Å². The van der Waals surface area contributed by atoms with Gasteiger partial charge in [0.1, 0.15) is 13.2 Å². The van der Waals surface area contributed by atoms with Crippen LogP contribution in [-0.2, 0) is 28.6 Å². The van der Waals surface area contributed by atoms with E-state index in [9.17, 15) is 14.4 Å². The standard InChI is InChI=1S/C69H114O6/c1-4-7-10-13-16-19-22-25-28-31-32-33-34-35-36-39-41-44-47-50-53-56-59-62-68(71)74-65-66(75-69(72)63-60-57-54-51-48-45-42-38-30-27-24-21-18-15-12-9-6-3)64-73-67(70)61-58-55-52-49-46-43-40-37-29-26-23-20-17-14-11-8-5-2/h8-9,11-12,17-18,20-21,26-27,29-32,40,42-43,45,51,54,66H,4-7,10,13-16,19,22-25,28,33-39,41,44,46-50,52-53,55-65H2,1-3H3/b11-8-,12-9-,20-17-,21-18-,29-26-,30-27-,32-31-,43-40-,45-42-,54-51-. The summed E-state index contributed by atoms with van der Waals surface area (Å²) >= 11 is 0. The Bertz CT molecular complexity index is 1570. The van der Waals surface area contributed by atoms with Gasteiger partial charge < -0.3 is 14.2 Å². The van der Waals surface area contributed by atoms with Crippen molar-refractivity contribution < 1.29 is 28.6 Å². The number of allylic oxidation sites excluding steroid dienone is 20. The zero-order valence-corrected chi connectivity index (χ0v) is 48.8. The van der Waals surface area contributed by atoms with E-state index in [1.807, 2.05) is 0 Å². The van der Waals surface area contributed by atoms with E-state index < -0.39 is 6.10 Å². The molecule has 0 bridgehead atoms. The summed E-state index contributed by atoms with van der Waals surface area (Å²) in [6.07, 6.45) is 86.4. The molecule has 0 rings (SSSR count). The molecule has 0 saturated heterocycles. The highest BCUT2D eigenvalue weighted by atomic mass is 16.6. The molecule has 0 aliphatic rings. The molecule has 0 fully saturated rings. The number of carbonyl (C=O) groups is 3. The van der Waals surface area contributed by atoms with Crippen LogP contribution < -0.4 is 0 Å². The minimum Gasteiger partial charge on any atom is -0.462 e. The molecule has 1 atom stereocenters. The molecule has 0 aliphatic heterocycles. The number of ether oxygens (including phenoxy) is 3. The predicted octanol–water partition coefficient (Wildman–Crippen LogP) is 21.2. The van der Waals surface area contributed by atoms with Gasteiger partial charge in [-0.25, -0.2) is 0 Å². The van der Waals surface area contributed by atoms with Crippen molar-refractivity contribution in [2.24, 2.45) is 0 Å². The monoisotopic (exact) mass is 1040 g/mol. The molecule has 6 heteroatoms. The van der Waals surface area contributed by atoms with Gasteiger partial charge in [0.2, 0.25) is 0 Å². The molecule has 0 aromatic carbocycles. The van der Waals surface area contributed by atoms with Gasteiger partial charge in [0.15, 0.2) is 6.10 Å². The first-order valence-corrected chi connectivity index (χ1v) is 31.0. The minimum atomic E-state index is -0.823. The molecule has 0 spiro atoms. The van der Waals surface area contributed by atoms with Crippen LogP contribution in [0.2, 0.25) is 0 Å². The Balaban J connectivity index is 4.46. The molecule has 6 nitrogen and oxygen atoms in total. The maximum Gasteiger partial charge on any atom is 0.306 e. The van der Waals surface area contributed by atoms with Crippen molar-refractivity contribution in [3.8, 4) is 0 Å². The second kappa shape index (κ2) is 62.4. The van der Waals surface area contributed by atoms with Crippen LogP contribution in [0.3, 0.4) is 0 Å². The Morgan fingerprint density at radius 1 is 0.280 bits per heavy atom. The van der Waals surface area contributed by atoms with Crippen LogP contribution in [0.4, 0.5) is 0 Å². The van der Waals surface area contributed by atoms with Crippen molar-refractivity contribution in [1.29, 1.82) is 0 Å². The maximum absolute atomic E-state index is 12.9. The summed E-state index contributed by atoms with van der Waals surface area (Å²) in [7, 11) is 0. The van der Waals surface area contributed by atoms with Gasteiger partial charge in [-0.3, -0.25) is 14.4 Å². The summed E-state index contributed by atoms with van der Waals surface area (Å²) in [5.41, 5.74) is 0. The van der Waals surface area contributed by atoms with Gasteiger partial charge in [-0.15, -0.1) is 0 Å². The van der Waals surface area contributed by atoms with Crippen molar-refractivity contribution >= 4 is 17.9 Å². The van der Waals surface area contributed by atoms with Crippen LogP contribution in [0, 0.1) is 0 Å². The smallest absolute Gasteiger partial charge is 0.306 e. The molecule has 0 aromatic rings. The Labute approximate surface area is 462 Å². The molecule has 0 saturated carbocycles. The van der Waals surface area contributed by atoms with Gasteiger partial charge in [0, 0.05) is 19.3 Å². The van der Waals surface area contributed by atoms with Gasteiger partial charge in [-0.2, -0.15) is 0 Å². The largest absolute Gasteiger partial charge is 0.462 e. The minimum absolute atomic E-state index is 0.111. The molecular formula is C69H114O6. The third kappa shape index (κ3) is 60.6. The van der Waals surface area contributed by atoms with E-state index in [1.54, 1.807) is 0 Å². The number of esters is 3. The van der Waals surface area contributed by atoms with Crippen LogP contribution in [0.1, 0.15) is 278 Å². The zero-order chi connectivity index (χ0) is 54.3. The van der Waals surface area contributed by atoms with E-state index in [2.05, 4.69) is 142 Å². The molecule has 426 valence electrons. The highest BCUT2D eigenvalue weighted by Gasteiger charge is 2.19. The van der Waals surface area contributed by atoms with Gasteiger partial charge in [0.05, 0.1) is 0 Å². The lowest BCUT2D eigenvalue weighted by Gasteiger charge is -2.18. The van der Waals surface area contributed by atoms with Crippen molar-refractivity contribution in [3.63, 3.8) is 0 Å². The summed E-state index contributed by atoms with van der Waals surface area (Å²) in [5, 5.41) is 0. The van der Waals surface area contributed by atoms with Crippen molar-refractivity contribution in [3.05, 3.63) is 122 Å². The predicted molar refractivity (Wildman–Crippen MR) is 325 cm³/mol. The fourth-order valence-corrected chi connectivity index (χ4v) is 8.35. The van der Waals surface area contributed by atoms with Gasteiger partial charge in [-0.05, 0) is 122 Å². The molecule has 75 heavy (non-hydrogen) atoms. The van der Waals surface area contributed by atoms with Crippen molar-refractivity contribution in [2.45, 2.75) is 284 Å². The SMILES string of the molecule is CC/C=C\C/C=C\C/C=C\C/C=C\C/C=C\CCCC(=O)OC(COC(=O)CCCCCC/C=C\C/C=C\C/C=C\C/C=C\CC)COC(=O)CCCCCCCCCCCCC/C=C\CCCCCCCCCC. The summed E-state index contributed by atoms with van der Waals surface area (Å²) in [5.74, 6) is -0.993. The molecule has 0 radical (unpaired) electrons.